The fourth-order valence-electron chi connectivity index (χ4n) is 2.83. The van der Waals surface area contributed by atoms with Crippen LogP contribution in [0.25, 0.3) is 0 Å². The lowest BCUT2D eigenvalue weighted by Crippen LogP contribution is -2.42. The van der Waals surface area contributed by atoms with Gasteiger partial charge in [0.05, 0.1) is 0 Å². The molecule has 160 valence electrons. The number of allylic oxidation sites excluding steroid dienone is 2. The predicted octanol–water partition coefficient (Wildman–Crippen LogP) is 8.57. The summed E-state index contributed by atoms with van der Waals surface area (Å²) >= 11 is 0. The van der Waals surface area contributed by atoms with Gasteiger partial charge in [0.15, 0.2) is 0 Å². The van der Waals surface area contributed by atoms with Gasteiger partial charge in [0.1, 0.15) is 0 Å². The second kappa shape index (κ2) is 15.4. The van der Waals surface area contributed by atoms with E-state index in [0.717, 1.165) is 12.8 Å². The van der Waals surface area contributed by atoms with Crippen LogP contribution in [-0.2, 0) is 9.22 Å². The molecule has 0 aromatic heterocycles. The molecule has 0 spiro atoms. The van der Waals surface area contributed by atoms with Crippen LogP contribution in [0, 0.1) is 0 Å². The Labute approximate surface area is 171 Å². The van der Waals surface area contributed by atoms with Crippen LogP contribution in [0.1, 0.15) is 118 Å². The van der Waals surface area contributed by atoms with E-state index < -0.39 is 8.32 Å². The van der Waals surface area contributed by atoms with E-state index in [0.29, 0.717) is 6.42 Å². The van der Waals surface area contributed by atoms with Gasteiger partial charge in [-0.15, -0.1) is 0 Å². The Morgan fingerprint density at radius 3 is 1.70 bits per heavy atom. The van der Waals surface area contributed by atoms with E-state index in [2.05, 4.69) is 52.9 Å². The van der Waals surface area contributed by atoms with Crippen molar-refractivity contribution < 1.29 is 9.22 Å². The average molecular weight is 397 g/mol. The largest absolute Gasteiger partial charge is 0.519 e. The van der Waals surface area contributed by atoms with Gasteiger partial charge in [-0.3, -0.25) is 4.79 Å². The van der Waals surface area contributed by atoms with Crippen LogP contribution >= 0.6 is 0 Å². The molecule has 0 rings (SSSR count). The van der Waals surface area contributed by atoms with E-state index in [-0.39, 0.29) is 11.0 Å². The number of hydrogen-bond acceptors (Lipinski definition) is 2. The van der Waals surface area contributed by atoms with Crippen LogP contribution in [0.15, 0.2) is 12.2 Å². The van der Waals surface area contributed by atoms with Crippen LogP contribution in [-0.4, -0.2) is 14.3 Å². The number of carbonyl (C=O) groups is 1. The Morgan fingerprint density at radius 2 is 1.22 bits per heavy atom. The summed E-state index contributed by atoms with van der Waals surface area (Å²) in [4.78, 5) is 12.0. The Balaban J connectivity index is 3.47. The number of hydrogen-bond donors (Lipinski definition) is 0. The van der Waals surface area contributed by atoms with E-state index in [1.165, 1.54) is 70.6 Å². The van der Waals surface area contributed by atoms with Crippen molar-refractivity contribution in [2.24, 2.45) is 0 Å². The Hall–Kier alpha value is -0.573. The summed E-state index contributed by atoms with van der Waals surface area (Å²) in [6.07, 6.45) is 22.0. The third-order valence-electron chi connectivity index (χ3n) is 5.82. The Kier molecular flexibility index (Phi) is 15.0. The summed E-state index contributed by atoms with van der Waals surface area (Å²) in [5.74, 6) is 0.0132. The molecule has 3 heteroatoms. The lowest BCUT2D eigenvalue weighted by atomic mass is 10.1. The lowest BCUT2D eigenvalue weighted by molar-refractivity contribution is -0.135. The molecule has 0 radical (unpaired) electrons. The zero-order chi connectivity index (χ0) is 20.6. The van der Waals surface area contributed by atoms with Gasteiger partial charge in [-0.25, -0.2) is 0 Å². The van der Waals surface area contributed by atoms with Gasteiger partial charge < -0.3 is 4.43 Å². The smallest absolute Gasteiger partial charge is 0.292 e. The molecule has 0 atom stereocenters. The Bertz CT molecular complexity index is 394. The van der Waals surface area contributed by atoms with Crippen molar-refractivity contribution in [1.29, 1.82) is 0 Å². The zero-order valence-corrected chi connectivity index (χ0v) is 20.4. The highest BCUT2D eigenvalue weighted by atomic mass is 28.4. The van der Waals surface area contributed by atoms with Crippen molar-refractivity contribution in [2.75, 3.05) is 0 Å². The quantitative estimate of drug-likeness (QED) is 0.148. The van der Waals surface area contributed by atoms with Crippen molar-refractivity contribution in [1.82, 2.24) is 0 Å². The number of rotatable bonds is 16. The molecule has 0 N–H and O–H groups in total. The first kappa shape index (κ1) is 26.4. The Morgan fingerprint density at radius 1 is 0.778 bits per heavy atom. The monoisotopic (exact) mass is 396 g/mol. The molecule has 0 fully saturated rings. The van der Waals surface area contributed by atoms with Gasteiger partial charge in [0.2, 0.25) is 0 Å². The molecule has 0 aromatic rings. The molecule has 0 unspecified atom stereocenters. The van der Waals surface area contributed by atoms with Gasteiger partial charge in [-0.05, 0) is 50.2 Å². The maximum Gasteiger partial charge on any atom is 0.292 e. The van der Waals surface area contributed by atoms with Crippen molar-refractivity contribution >= 4 is 14.3 Å². The topological polar surface area (TPSA) is 26.3 Å². The molecule has 0 amide bonds. The molecule has 2 nitrogen and oxygen atoms in total. The van der Waals surface area contributed by atoms with Crippen molar-refractivity contribution in [2.45, 2.75) is 136 Å². The van der Waals surface area contributed by atoms with E-state index >= 15 is 0 Å². The van der Waals surface area contributed by atoms with Gasteiger partial charge >= 0.3 is 0 Å². The molecule has 0 aromatic carbocycles. The standard InChI is InChI=1S/C24H48O2Si/c1-7-8-9-10-11-12-13-14-15-16-17-18-19-20-21-22-23(25)26-27(5,6)24(2,3)4/h14-15H,7-13,16-22H2,1-6H3/b15-14+. The molecule has 0 heterocycles. The van der Waals surface area contributed by atoms with E-state index in [4.69, 9.17) is 4.43 Å². The molecule has 0 aliphatic rings. The van der Waals surface area contributed by atoms with Crippen LogP contribution in [0.4, 0.5) is 0 Å². The molecule has 0 saturated heterocycles. The molecule has 0 aliphatic carbocycles. The lowest BCUT2D eigenvalue weighted by Gasteiger charge is -2.35. The summed E-state index contributed by atoms with van der Waals surface area (Å²) in [6, 6.07) is 0. The van der Waals surface area contributed by atoms with Crippen molar-refractivity contribution in [3.05, 3.63) is 12.2 Å². The highest BCUT2D eigenvalue weighted by Crippen LogP contribution is 2.36. The highest BCUT2D eigenvalue weighted by molar-refractivity contribution is 6.75. The van der Waals surface area contributed by atoms with Crippen molar-refractivity contribution in [3.8, 4) is 0 Å². The molecular weight excluding hydrogens is 348 g/mol. The first-order chi connectivity index (χ1) is 12.7. The average Bonchev–Trinajstić information content (AvgIpc) is 2.57. The van der Waals surface area contributed by atoms with Crippen LogP contribution in [0.5, 0.6) is 0 Å². The second-order valence-corrected chi connectivity index (χ2v) is 14.3. The first-order valence-electron chi connectivity index (χ1n) is 11.6. The first-order valence-corrected chi connectivity index (χ1v) is 14.5. The van der Waals surface area contributed by atoms with E-state index in [1.807, 2.05) is 0 Å². The molecule has 0 saturated carbocycles. The molecule has 0 bridgehead atoms. The third kappa shape index (κ3) is 15.1. The molecule has 27 heavy (non-hydrogen) atoms. The summed E-state index contributed by atoms with van der Waals surface area (Å²) in [6.45, 7) is 13.1. The third-order valence-corrected chi connectivity index (χ3v) is 10.2. The SMILES string of the molecule is CCCCCCCC/C=C/CCCCCCCC(=O)O[Si](C)(C)C(C)(C)C. The highest BCUT2D eigenvalue weighted by Gasteiger charge is 2.40. The summed E-state index contributed by atoms with van der Waals surface area (Å²) in [5, 5.41) is 0.102. The van der Waals surface area contributed by atoms with Gasteiger partial charge in [-0.1, -0.05) is 91.2 Å². The minimum atomic E-state index is -1.93. The maximum absolute atomic E-state index is 12.0. The number of carbonyl (C=O) groups excluding carboxylic acids is 1. The van der Waals surface area contributed by atoms with Gasteiger partial charge in [-0.2, -0.15) is 0 Å². The van der Waals surface area contributed by atoms with Crippen LogP contribution in [0.3, 0.4) is 0 Å². The van der Waals surface area contributed by atoms with E-state index in [1.54, 1.807) is 0 Å². The zero-order valence-electron chi connectivity index (χ0n) is 19.4. The van der Waals surface area contributed by atoms with Crippen LogP contribution < -0.4 is 0 Å². The normalized spacial score (nSPS) is 12.7. The minimum absolute atomic E-state index is 0.0132. The summed E-state index contributed by atoms with van der Waals surface area (Å²) < 4.78 is 5.81. The minimum Gasteiger partial charge on any atom is -0.519 e. The fourth-order valence-corrected chi connectivity index (χ4v) is 3.81. The number of unbranched alkanes of at least 4 members (excludes halogenated alkanes) is 11. The fraction of sp³-hybridized carbons (Fsp3) is 0.875. The predicted molar refractivity (Wildman–Crippen MR) is 123 cm³/mol. The van der Waals surface area contributed by atoms with E-state index in [9.17, 15) is 4.79 Å². The van der Waals surface area contributed by atoms with Gasteiger partial charge in [0, 0.05) is 6.42 Å². The molecule has 0 aliphatic heterocycles. The summed E-state index contributed by atoms with van der Waals surface area (Å²) in [7, 11) is -1.93. The van der Waals surface area contributed by atoms with Gasteiger partial charge in [0.25, 0.3) is 14.3 Å². The maximum atomic E-state index is 12.0. The van der Waals surface area contributed by atoms with Crippen molar-refractivity contribution in [3.63, 3.8) is 0 Å². The second-order valence-electron chi connectivity index (χ2n) is 9.57. The summed E-state index contributed by atoms with van der Waals surface area (Å²) in [5.41, 5.74) is 0. The molecular formula is C24H48O2Si. The van der Waals surface area contributed by atoms with Crippen LogP contribution in [0.2, 0.25) is 18.1 Å².